The first kappa shape index (κ1) is 20.7. The van der Waals surface area contributed by atoms with Crippen molar-refractivity contribution in [2.45, 2.75) is 39.3 Å². The number of rotatable bonds is 9. The van der Waals surface area contributed by atoms with Crippen molar-refractivity contribution in [3.05, 3.63) is 89.7 Å². The highest BCUT2D eigenvalue weighted by Crippen LogP contribution is 2.21. The van der Waals surface area contributed by atoms with Crippen molar-refractivity contribution in [1.29, 1.82) is 0 Å². The predicted molar refractivity (Wildman–Crippen MR) is 119 cm³/mol. The summed E-state index contributed by atoms with van der Waals surface area (Å²) in [7, 11) is 0. The molecule has 29 heavy (non-hydrogen) atoms. The number of hydrogen-bond acceptors (Lipinski definition) is 3. The number of amides is 1. The minimum atomic E-state index is -0.0754. The van der Waals surface area contributed by atoms with Gasteiger partial charge in [-0.2, -0.15) is 0 Å². The molecule has 0 aliphatic heterocycles. The first-order valence-electron chi connectivity index (χ1n) is 10.3. The first-order valence-corrected chi connectivity index (χ1v) is 10.3. The Morgan fingerprint density at radius 2 is 1.72 bits per heavy atom. The van der Waals surface area contributed by atoms with E-state index in [1.54, 1.807) is 12.4 Å². The summed E-state index contributed by atoms with van der Waals surface area (Å²) in [5.41, 5.74) is 5.14. The predicted octanol–water partition coefficient (Wildman–Crippen LogP) is 5.13. The van der Waals surface area contributed by atoms with Crippen molar-refractivity contribution in [2.24, 2.45) is 0 Å². The van der Waals surface area contributed by atoms with E-state index in [1.807, 2.05) is 19.1 Å². The molecule has 0 aliphatic rings. The lowest BCUT2D eigenvalue weighted by Gasteiger charge is -2.17. The molecule has 4 nitrogen and oxygen atoms in total. The molecule has 0 spiro atoms. The van der Waals surface area contributed by atoms with Crippen LogP contribution in [-0.4, -0.2) is 17.4 Å². The van der Waals surface area contributed by atoms with Crippen LogP contribution in [0.1, 0.15) is 54.2 Å². The molecule has 0 bridgehead atoms. The Kier molecular flexibility index (Phi) is 7.54. The summed E-state index contributed by atoms with van der Waals surface area (Å²) < 4.78 is 0. The molecule has 3 aromatic rings. The third kappa shape index (κ3) is 5.75. The maximum Gasteiger partial charge on any atom is 0.252 e. The molecule has 1 heterocycles. The van der Waals surface area contributed by atoms with Crippen molar-refractivity contribution in [3.63, 3.8) is 0 Å². The monoisotopic (exact) mass is 387 g/mol. The van der Waals surface area contributed by atoms with Crippen LogP contribution in [0.25, 0.3) is 11.1 Å². The van der Waals surface area contributed by atoms with Crippen LogP contribution in [0.5, 0.6) is 0 Å². The summed E-state index contributed by atoms with van der Waals surface area (Å²) in [5, 5.41) is 6.54. The second-order valence-corrected chi connectivity index (χ2v) is 7.17. The Morgan fingerprint density at radius 3 is 2.41 bits per heavy atom. The maximum absolute atomic E-state index is 12.2. The Hall–Kier alpha value is -2.98. The van der Waals surface area contributed by atoms with E-state index in [-0.39, 0.29) is 5.91 Å². The second kappa shape index (κ2) is 10.5. The molecule has 1 amide bonds. The van der Waals surface area contributed by atoms with Crippen molar-refractivity contribution in [2.75, 3.05) is 6.54 Å². The molecule has 1 unspecified atom stereocenters. The van der Waals surface area contributed by atoms with Crippen molar-refractivity contribution in [3.8, 4) is 11.1 Å². The molecular formula is C25H29N3O. The summed E-state index contributed by atoms with van der Waals surface area (Å²) in [6.45, 7) is 5.72. The average Bonchev–Trinajstić information content (AvgIpc) is 2.79. The second-order valence-electron chi connectivity index (χ2n) is 7.17. The van der Waals surface area contributed by atoms with Crippen molar-refractivity contribution >= 4 is 5.91 Å². The third-order valence-electron chi connectivity index (χ3n) is 4.99. The van der Waals surface area contributed by atoms with Gasteiger partial charge in [0.25, 0.3) is 5.91 Å². The first-order chi connectivity index (χ1) is 14.2. The van der Waals surface area contributed by atoms with Gasteiger partial charge in [-0.3, -0.25) is 9.78 Å². The fourth-order valence-corrected chi connectivity index (χ4v) is 3.30. The SMILES string of the molecule is CCCNC(=O)c1cncc(-c2ccc(CNC(CC)c3ccccc3)cc2)c1. The van der Waals surface area contributed by atoms with E-state index < -0.39 is 0 Å². The summed E-state index contributed by atoms with van der Waals surface area (Å²) >= 11 is 0. The van der Waals surface area contributed by atoms with Crippen LogP contribution in [0.2, 0.25) is 0 Å². The van der Waals surface area contributed by atoms with Gasteiger partial charge in [0.1, 0.15) is 0 Å². The largest absolute Gasteiger partial charge is 0.352 e. The number of pyridine rings is 1. The number of aromatic nitrogens is 1. The fourth-order valence-electron chi connectivity index (χ4n) is 3.30. The van der Waals surface area contributed by atoms with Crippen LogP contribution >= 0.6 is 0 Å². The van der Waals surface area contributed by atoms with E-state index in [0.29, 0.717) is 18.2 Å². The van der Waals surface area contributed by atoms with Crippen molar-refractivity contribution in [1.82, 2.24) is 15.6 Å². The van der Waals surface area contributed by atoms with Crippen molar-refractivity contribution < 1.29 is 4.79 Å². The lowest BCUT2D eigenvalue weighted by Crippen LogP contribution is -2.24. The lowest BCUT2D eigenvalue weighted by atomic mass is 10.0. The third-order valence-corrected chi connectivity index (χ3v) is 4.99. The molecule has 0 fully saturated rings. The van der Waals surface area contributed by atoms with Gasteiger partial charge < -0.3 is 10.6 Å². The van der Waals surface area contributed by atoms with E-state index >= 15 is 0 Å². The van der Waals surface area contributed by atoms with E-state index in [0.717, 1.165) is 30.5 Å². The van der Waals surface area contributed by atoms with E-state index in [4.69, 9.17) is 0 Å². The highest BCUT2D eigenvalue weighted by Gasteiger charge is 2.09. The number of nitrogens with one attached hydrogen (secondary N) is 2. The van der Waals surface area contributed by atoms with Gasteiger partial charge in [0, 0.05) is 37.1 Å². The molecule has 0 aliphatic carbocycles. The van der Waals surface area contributed by atoms with Gasteiger partial charge in [0.05, 0.1) is 5.56 Å². The average molecular weight is 388 g/mol. The molecule has 0 saturated carbocycles. The van der Waals surface area contributed by atoms with E-state index in [1.165, 1.54) is 11.1 Å². The molecule has 1 aromatic heterocycles. The lowest BCUT2D eigenvalue weighted by molar-refractivity contribution is 0.0953. The molecule has 0 saturated heterocycles. The highest BCUT2D eigenvalue weighted by atomic mass is 16.1. The van der Waals surface area contributed by atoms with Crippen LogP contribution in [0, 0.1) is 0 Å². The van der Waals surface area contributed by atoms with Crippen LogP contribution in [-0.2, 0) is 6.54 Å². The Morgan fingerprint density at radius 1 is 0.966 bits per heavy atom. The Labute approximate surface area is 173 Å². The molecule has 3 rings (SSSR count). The van der Waals surface area contributed by atoms with Crippen LogP contribution in [0.3, 0.4) is 0 Å². The summed E-state index contributed by atoms with van der Waals surface area (Å²) in [6, 6.07) is 21.2. The number of nitrogens with zero attached hydrogens (tertiary/aromatic N) is 1. The van der Waals surface area contributed by atoms with Gasteiger partial charge in [-0.05, 0) is 35.6 Å². The van der Waals surface area contributed by atoms with E-state index in [2.05, 4.69) is 71.1 Å². The number of carbonyl (C=O) groups is 1. The number of hydrogen-bond donors (Lipinski definition) is 2. The standard InChI is InChI=1S/C25H29N3O/c1-3-14-27-25(29)23-15-22(17-26-18-23)20-12-10-19(11-13-20)16-28-24(4-2)21-8-6-5-7-9-21/h5-13,15,17-18,24,28H,3-4,14,16H2,1-2H3,(H,27,29). The Bertz CT molecular complexity index is 907. The Balaban J connectivity index is 1.65. The normalized spacial score (nSPS) is 11.8. The minimum absolute atomic E-state index is 0.0754. The maximum atomic E-state index is 12.2. The molecule has 150 valence electrons. The van der Waals surface area contributed by atoms with Gasteiger partial charge in [0.15, 0.2) is 0 Å². The molecule has 2 N–H and O–H groups in total. The molecular weight excluding hydrogens is 358 g/mol. The van der Waals surface area contributed by atoms with Gasteiger partial charge in [0.2, 0.25) is 0 Å². The highest BCUT2D eigenvalue weighted by molar-refractivity contribution is 5.95. The molecule has 2 aromatic carbocycles. The van der Waals surface area contributed by atoms with Gasteiger partial charge >= 0.3 is 0 Å². The topological polar surface area (TPSA) is 54.0 Å². The van der Waals surface area contributed by atoms with E-state index in [9.17, 15) is 4.79 Å². The summed E-state index contributed by atoms with van der Waals surface area (Å²) in [6.07, 6.45) is 5.37. The number of benzene rings is 2. The summed E-state index contributed by atoms with van der Waals surface area (Å²) in [5.74, 6) is -0.0754. The zero-order chi connectivity index (χ0) is 20.5. The van der Waals surface area contributed by atoms with Crippen LogP contribution in [0.4, 0.5) is 0 Å². The smallest absolute Gasteiger partial charge is 0.252 e. The molecule has 0 radical (unpaired) electrons. The van der Waals surface area contributed by atoms with Crippen LogP contribution < -0.4 is 10.6 Å². The minimum Gasteiger partial charge on any atom is -0.352 e. The van der Waals surface area contributed by atoms with Gasteiger partial charge in [-0.25, -0.2) is 0 Å². The van der Waals surface area contributed by atoms with Gasteiger partial charge in [-0.15, -0.1) is 0 Å². The zero-order valence-electron chi connectivity index (χ0n) is 17.2. The fraction of sp³-hybridized carbons (Fsp3) is 0.280. The zero-order valence-corrected chi connectivity index (χ0v) is 17.2. The molecule has 4 heteroatoms. The number of carbonyl (C=O) groups excluding carboxylic acids is 1. The quantitative estimate of drug-likeness (QED) is 0.535. The molecule has 1 atom stereocenters. The summed E-state index contributed by atoms with van der Waals surface area (Å²) in [4.78, 5) is 16.4. The van der Waals surface area contributed by atoms with Gasteiger partial charge in [-0.1, -0.05) is 68.4 Å². The van der Waals surface area contributed by atoms with Crippen LogP contribution in [0.15, 0.2) is 73.1 Å².